The summed E-state index contributed by atoms with van der Waals surface area (Å²) >= 11 is 0. The van der Waals surface area contributed by atoms with E-state index >= 15 is 0 Å². The molecule has 0 radical (unpaired) electrons. The normalized spacial score (nSPS) is 14.0. The van der Waals surface area contributed by atoms with E-state index in [1.807, 2.05) is 28.8 Å². The first-order valence-electron chi connectivity index (χ1n) is 10.5. The maximum Gasteiger partial charge on any atom is 0.257 e. The molecule has 3 heterocycles. The molecule has 30 heavy (non-hydrogen) atoms. The summed E-state index contributed by atoms with van der Waals surface area (Å²) in [6.45, 7) is 5.14. The Morgan fingerprint density at radius 3 is 2.53 bits per heavy atom. The fraction of sp³-hybridized carbons (Fsp3) is 0.231. The number of hydrogen-bond acceptors (Lipinski definition) is 3. The predicted octanol–water partition coefficient (Wildman–Crippen LogP) is 4.31. The number of nitrogens with zero attached hydrogens (tertiary/aromatic N) is 3. The lowest BCUT2D eigenvalue weighted by molar-refractivity contribution is 0.244. The second-order valence-corrected chi connectivity index (χ2v) is 8.10. The van der Waals surface area contributed by atoms with Crippen LogP contribution in [0.2, 0.25) is 0 Å². The Morgan fingerprint density at radius 2 is 1.70 bits per heavy atom. The number of benzene rings is 2. The first-order chi connectivity index (χ1) is 14.7. The maximum atomic E-state index is 13.6. The molecule has 0 saturated heterocycles. The largest absolute Gasteiger partial charge is 0.294 e. The van der Waals surface area contributed by atoms with Gasteiger partial charge < -0.3 is 0 Å². The highest BCUT2D eigenvalue weighted by molar-refractivity contribution is 5.80. The van der Waals surface area contributed by atoms with Gasteiger partial charge >= 0.3 is 0 Å². The van der Waals surface area contributed by atoms with Crippen molar-refractivity contribution in [3.05, 3.63) is 111 Å². The van der Waals surface area contributed by atoms with Crippen LogP contribution in [0, 0.1) is 6.92 Å². The molecule has 1 aliphatic rings. The molecule has 0 aliphatic carbocycles. The zero-order valence-electron chi connectivity index (χ0n) is 17.2. The van der Waals surface area contributed by atoms with Crippen LogP contribution in [0.5, 0.6) is 0 Å². The van der Waals surface area contributed by atoms with Gasteiger partial charge in [0, 0.05) is 36.8 Å². The van der Waals surface area contributed by atoms with Crippen LogP contribution >= 0.6 is 0 Å². The molecule has 0 atom stereocenters. The van der Waals surface area contributed by atoms with Gasteiger partial charge in [-0.15, -0.1) is 0 Å². The predicted molar refractivity (Wildman–Crippen MR) is 121 cm³/mol. The third kappa shape index (κ3) is 3.44. The SMILES string of the molecule is Cc1ccccc1Cn1c(=O)c2c(c3cccnc31)CCN(Cc1ccccc1)C2. The van der Waals surface area contributed by atoms with Crippen molar-refractivity contribution >= 4 is 11.0 Å². The van der Waals surface area contributed by atoms with Crippen LogP contribution in [0.3, 0.4) is 0 Å². The average molecular weight is 396 g/mol. The number of aromatic nitrogens is 2. The Kier molecular flexibility index (Phi) is 4.93. The Balaban J connectivity index is 1.58. The standard InChI is InChI=1S/C26H25N3O/c1-19-8-5-6-11-21(19)17-29-25-23(12-7-14-27-25)22-13-15-28(18-24(22)26(29)30)16-20-9-3-2-4-10-20/h2-12,14H,13,15-18H2,1H3. The van der Waals surface area contributed by atoms with Crippen molar-refractivity contribution in [2.75, 3.05) is 6.54 Å². The van der Waals surface area contributed by atoms with Crippen LogP contribution in [-0.2, 0) is 26.1 Å². The first kappa shape index (κ1) is 18.8. The van der Waals surface area contributed by atoms with Crippen molar-refractivity contribution in [2.24, 2.45) is 0 Å². The van der Waals surface area contributed by atoms with Gasteiger partial charge in [0.25, 0.3) is 5.56 Å². The molecule has 0 fully saturated rings. The summed E-state index contributed by atoms with van der Waals surface area (Å²) in [5.41, 5.74) is 6.61. The molecule has 0 unspecified atom stereocenters. The van der Waals surface area contributed by atoms with Gasteiger partial charge in [-0.25, -0.2) is 4.98 Å². The highest BCUT2D eigenvalue weighted by Crippen LogP contribution is 2.25. The molecule has 1 aliphatic heterocycles. The highest BCUT2D eigenvalue weighted by Gasteiger charge is 2.24. The van der Waals surface area contributed by atoms with Gasteiger partial charge in [-0.1, -0.05) is 54.6 Å². The van der Waals surface area contributed by atoms with Crippen molar-refractivity contribution in [3.8, 4) is 0 Å². The van der Waals surface area contributed by atoms with Crippen LogP contribution in [0.1, 0.15) is 27.8 Å². The summed E-state index contributed by atoms with van der Waals surface area (Å²) in [6.07, 6.45) is 2.66. The molecular formula is C26H25N3O. The van der Waals surface area contributed by atoms with E-state index < -0.39 is 0 Å². The van der Waals surface area contributed by atoms with Gasteiger partial charge in [0.15, 0.2) is 0 Å². The molecule has 4 nitrogen and oxygen atoms in total. The van der Waals surface area contributed by atoms with Crippen LogP contribution in [0.15, 0.2) is 77.7 Å². The lowest BCUT2D eigenvalue weighted by Gasteiger charge is -2.30. The third-order valence-corrected chi connectivity index (χ3v) is 6.13. The maximum absolute atomic E-state index is 13.6. The van der Waals surface area contributed by atoms with E-state index in [2.05, 4.69) is 59.3 Å². The summed E-state index contributed by atoms with van der Waals surface area (Å²) in [6, 6.07) is 22.8. The van der Waals surface area contributed by atoms with Crippen molar-refractivity contribution < 1.29 is 0 Å². The minimum Gasteiger partial charge on any atom is -0.294 e. The smallest absolute Gasteiger partial charge is 0.257 e. The summed E-state index contributed by atoms with van der Waals surface area (Å²) in [5.74, 6) is 0. The molecule has 5 rings (SSSR count). The fourth-order valence-electron chi connectivity index (χ4n) is 4.50. The van der Waals surface area contributed by atoms with Crippen LogP contribution < -0.4 is 5.56 Å². The van der Waals surface area contributed by atoms with Crippen molar-refractivity contribution in [2.45, 2.75) is 33.0 Å². The summed E-state index contributed by atoms with van der Waals surface area (Å²) in [5, 5.41) is 1.11. The summed E-state index contributed by atoms with van der Waals surface area (Å²) < 4.78 is 1.86. The van der Waals surface area contributed by atoms with Crippen LogP contribution in [0.25, 0.3) is 11.0 Å². The number of fused-ring (bicyclic) bond motifs is 3. The second kappa shape index (κ2) is 7.88. The van der Waals surface area contributed by atoms with Gasteiger partial charge in [-0.3, -0.25) is 14.3 Å². The van der Waals surface area contributed by atoms with Crippen molar-refractivity contribution in [1.82, 2.24) is 14.5 Å². The second-order valence-electron chi connectivity index (χ2n) is 8.10. The minimum absolute atomic E-state index is 0.0946. The molecule has 2 aromatic heterocycles. The Morgan fingerprint density at radius 1 is 0.900 bits per heavy atom. The summed E-state index contributed by atoms with van der Waals surface area (Å²) in [7, 11) is 0. The quantitative estimate of drug-likeness (QED) is 0.517. The van der Waals surface area contributed by atoms with E-state index in [-0.39, 0.29) is 5.56 Å². The molecule has 0 spiro atoms. The molecule has 0 N–H and O–H groups in total. The Bertz CT molecular complexity index is 1260. The van der Waals surface area contributed by atoms with Crippen molar-refractivity contribution in [1.29, 1.82) is 0 Å². The molecule has 2 aromatic carbocycles. The van der Waals surface area contributed by atoms with E-state index in [1.54, 1.807) is 6.20 Å². The molecule has 0 amide bonds. The van der Waals surface area contributed by atoms with Gasteiger partial charge in [0.05, 0.1) is 6.54 Å². The number of rotatable bonds is 4. The Labute approximate surface area is 176 Å². The third-order valence-electron chi connectivity index (χ3n) is 6.13. The van der Waals surface area contributed by atoms with Gasteiger partial charge in [-0.2, -0.15) is 0 Å². The highest BCUT2D eigenvalue weighted by atomic mass is 16.1. The van der Waals surface area contributed by atoms with Gasteiger partial charge in [0.2, 0.25) is 0 Å². The van der Waals surface area contributed by atoms with Crippen molar-refractivity contribution in [3.63, 3.8) is 0 Å². The fourth-order valence-corrected chi connectivity index (χ4v) is 4.50. The van der Waals surface area contributed by atoms with Crippen LogP contribution in [0.4, 0.5) is 0 Å². The lowest BCUT2D eigenvalue weighted by atomic mass is 9.97. The zero-order valence-corrected chi connectivity index (χ0v) is 17.2. The monoisotopic (exact) mass is 395 g/mol. The molecule has 4 aromatic rings. The van der Waals surface area contributed by atoms with Gasteiger partial charge in [0.1, 0.15) is 5.65 Å². The molecule has 4 heteroatoms. The Hall–Kier alpha value is -3.24. The molecule has 0 bridgehead atoms. The number of hydrogen-bond donors (Lipinski definition) is 0. The molecular weight excluding hydrogens is 370 g/mol. The first-order valence-corrected chi connectivity index (χ1v) is 10.5. The zero-order chi connectivity index (χ0) is 20.5. The van der Waals surface area contributed by atoms with E-state index in [1.165, 1.54) is 16.7 Å². The van der Waals surface area contributed by atoms with E-state index in [0.29, 0.717) is 13.1 Å². The topological polar surface area (TPSA) is 38.1 Å². The van der Waals surface area contributed by atoms with Gasteiger partial charge in [-0.05, 0) is 47.7 Å². The lowest BCUT2D eigenvalue weighted by Crippen LogP contribution is -2.37. The van der Waals surface area contributed by atoms with Crippen LogP contribution in [-0.4, -0.2) is 21.0 Å². The van der Waals surface area contributed by atoms with E-state index in [4.69, 9.17) is 0 Å². The van der Waals surface area contributed by atoms with E-state index in [9.17, 15) is 4.79 Å². The number of aryl methyl sites for hydroxylation is 1. The molecule has 150 valence electrons. The van der Waals surface area contributed by atoms with E-state index in [0.717, 1.165) is 41.7 Å². The summed E-state index contributed by atoms with van der Waals surface area (Å²) in [4.78, 5) is 20.6. The molecule has 0 saturated carbocycles. The minimum atomic E-state index is 0.0946. The number of pyridine rings is 2. The average Bonchev–Trinajstić information content (AvgIpc) is 2.78.